The number of aliphatic carboxylic acids is 1. The molecule has 1 aliphatic carbocycles. The molecule has 1 unspecified atom stereocenters. The standard InChI is InChI=1S/C29H26Cl2N4O3/c1-15-5-7-18(31)13-21(15)34-26-19-9-8-17(30)12-20(19)29(2,3)27(24(26)25(33)28(36)37)35-22-11-16(14-32)6-10-23(22)38-4/h5-13,26,34H,33H2,1-4H3,(H,36,37). The second-order valence-corrected chi connectivity index (χ2v) is 10.4. The van der Waals surface area contributed by atoms with Crippen molar-refractivity contribution < 1.29 is 14.6 Å². The first-order valence-electron chi connectivity index (χ1n) is 11.7. The van der Waals surface area contributed by atoms with Crippen LogP contribution in [0.5, 0.6) is 5.75 Å². The summed E-state index contributed by atoms with van der Waals surface area (Å²) in [6, 6.07) is 17.2. The molecule has 0 spiro atoms. The van der Waals surface area contributed by atoms with Gasteiger partial charge >= 0.3 is 5.97 Å². The van der Waals surface area contributed by atoms with Crippen LogP contribution >= 0.6 is 23.2 Å². The lowest BCUT2D eigenvalue weighted by Crippen LogP contribution is -2.42. The molecular formula is C29H26Cl2N4O3. The molecule has 38 heavy (non-hydrogen) atoms. The summed E-state index contributed by atoms with van der Waals surface area (Å²) in [4.78, 5) is 17.3. The Bertz CT molecular complexity index is 1550. The number of halogens is 2. The predicted molar refractivity (Wildman–Crippen MR) is 151 cm³/mol. The third-order valence-electron chi connectivity index (χ3n) is 6.70. The van der Waals surface area contributed by atoms with Crippen LogP contribution in [0, 0.1) is 18.3 Å². The number of nitrogens with two attached hydrogens (primary N) is 1. The summed E-state index contributed by atoms with van der Waals surface area (Å²) in [6.07, 6.45) is 0. The SMILES string of the molecule is COc1ccc(C#N)cc1N=C1C(=C(N)C(=O)O)C(Nc2cc(Cl)ccc2C)c2ccc(Cl)cc2C1(C)C. The minimum Gasteiger partial charge on any atom is -0.494 e. The third kappa shape index (κ3) is 4.93. The van der Waals surface area contributed by atoms with Crippen LogP contribution in [-0.2, 0) is 10.2 Å². The molecule has 0 amide bonds. The quantitative estimate of drug-likeness (QED) is 0.305. The summed E-state index contributed by atoms with van der Waals surface area (Å²) in [5, 5.41) is 24.1. The molecule has 0 saturated heterocycles. The Morgan fingerprint density at radius 3 is 2.47 bits per heavy atom. The van der Waals surface area contributed by atoms with Crippen molar-refractivity contribution in [3.8, 4) is 11.8 Å². The van der Waals surface area contributed by atoms with Gasteiger partial charge in [-0.2, -0.15) is 5.26 Å². The number of ether oxygens (including phenoxy) is 1. The third-order valence-corrected chi connectivity index (χ3v) is 7.17. The molecule has 0 aliphatic heterocycles. The number of benzene rings is 3. The Kier molecular flexibility index (Phi) is 7.41. The molecule has 1 atom stereocenters. The summed E-state index contributed by atoms with van der Waals surface area (Å²) >= 11 is 12.7. The summed E-state index contributed by atoms with van der Waals surface area (Å²) < 4.78 is 5.51. The predicted octanol–water partition coefficient (Wildman–Crippen LogP) is 6.70. The van der Waals surface area contributed by atoms with Crippen LogP contribution in [0.2, 0.25) is 10.0 Å². The van der Waals surface area contributed by atoms with Crippen molar-refractivity contribution in [3.05, 3.63) is 98.2 Å². The number of nitriles is 1. The van der Waals surface area contributed by atoms with E-state index in [0.717, 1.165) is 16.7 Å². The van der Waals surface area contributed by atoms with E-state index < -0.39 is 17.4 Å². The van der Waals surface area contributed by atoms with E-state index in [1.165, 1.54) is 7.11 Å². The van der Waals surface area contributed by atoms with Gasteiger partial charge in [0.05, 0.1) is 30.5 Å². The smallest absolute Gasteiger partial charge is 0.352 e. The Morgan fingerprint density at radius 2 is 1.82 bits per heavy atom. The van der Waals surface area contributed by atoms with Crippen molar-refractivity contribution in [2.24, 2.45) is 10.7 Å². The highest BCUT2D eigenvalue weighted by Crippen LogP contribution is 2.47. The highest BCUT2D eigenvalue weighted by Gasteiger charge is 2.44. The topological polar surface area (TPSA) is 121 Å². The molecule has 0 bridgehead atoms. The lowest BCUT2D eigenvalue weighted by Gasteiger charge is -2.41. The molecular weight excluding hydrogens is 523 g/mol. The molecule has 3 aromatic rings. The van der Waals surface area contributed by atoms with E-state index in [1.807, 2.05) is 39.0 Å². The number of nitrogens with zero attached hydrogens (tertiary/aromatic N) is 2. The number of aliphatic imine (C=N–C) groups is 1. The number of anilines is 1. The molecule has 1 aliphatic rings. The number of hydrogen-bond donors (Lipinski definition) is 3. The second kappa shape index (κ2) is 10.4. The fourth-order valence-electron chi connectivity index (χ4n) is 4.70. The normalized spacial score (nSPS) is 18.3. The number of hydrogen-bond acceptors (Lipinski definition) is 6. The molecule has 7 nitrogen and oxygen atoms in total. The van der Waals surface area contributed by atoms with E-state index >= 15 is 0 Å². The molecule has 0 fully saturated rings. The van der Waals surface area contributed by atoms with E-state index in [-0.39, 0.29) is 5.70 Å². The number of carboxylic acid groups (broad SMARTS) is 1. The van der Waals surface area contributed by atoms with E-state index in [1.54, 1.807) is 36.4 Å². The van der Waals surface area contributed by atoms with Gasteiger partial charge in [0.15, 0.2) is 0 Å². The first-order valence-corrected chi connectivity index (χ1v) is 12.5. The van der Waals surface area contributed by atoms with Gasteiger partial charge in [0.1, 0.15) is 17.1 Å². The number of aryl methyl sites for hydroxylation is 1. The van der Waals surface area contributed by atoms with E-state index in [2.05, 4.69) is 11.4 Å². The maximum atomic E-state index is 12.3. The van der Waals surface area contributed by atoms with Crippen LogP contribution in [0.25, 0.3) is 0 Å². The second-order valence-electron chi connectivity index (χ2n) is 9.48. The zero-order valence-electron chi connectivity index (χ0n) is 21.3. The maximum absolute atomic E-state index is 12.3. The number of carboxylic acids is 1. The van der Waals surface area contributed by atoms with Crippen molar-refractivity contribution >= 4 is 46.3 Å². The molecule has 9 heteroatoms. The van der Waals surface area contributed by atoms with Gasteiger partial charge in [-0.05, 0) is 66.1 Å². The maximum Gasteiger partial charge on any atom is 0.352 e. The highest BCUT2D eigenvalue weighted by molar-refractivity contribution is 6.31. The Hall–Kier alpha value is -3.99. The van der Waals surface area contributed by atoms with Gasteiger partial charge in [0.25, 0.3) is 0 Å². The molecule has 3 aromatic carbocycles. The van der Waals surface area contributed by atoms with Crippen LogP contribution in [0.1, 0.15) is 42.1 Å². The van der Waals surface area contributed by atoms with Gasteiger partial charge in [-0.15, -0.1) is 0 Å². The van der Waals surface area contributed by atoms with Gasteiger partial charge in [0, 0.05) is 26.7 Å². The lowest BCUT2D eigenvalue weighted by molar-refractivity contribution is -0.132. The van der Waals surface area contributed by atoms with Crippen LogP contribution in [0.4, 0.5) is 11.4 Å². The Labute approximate surface area is 231 Å². The van der Waals surface area contributed by atoms with Crippen LogP contribution in [-0.4, -0.2) is 23.9 Å². The average Bonchev–Trinajstić information content (AvgIpc) is 2.88. The van der Waals surface area contributed by atoms with Crippen molar-refractivity contribution in [2.45, 2.75) is 32.2 Å². The first-order chi connectivity index (χ1) is 18.0. The van der Waals surface area contributed by atoms with Crippen molar-refractivity contribution in [2.75, 3.05) is 12.4 Å². The Balaban J connectivity index is 2.09. The Morgan fingerprint density at radius 1 is 1.13 bits per heavy atom. The van der Waals surface area contributed by atoms with Crippen molar-refractivity contribution in [3.63, 3.8) is 0 Å². The molecule has 4 N–H and O–H groups in total. The number of methoxy groups -OCH3 is 1. The van der Waals surface area contributed by atoms with E-state index in [9.17, 15) is 15.2 Å². The fourth-order valence-corrected chi connectivity index (χ4v) is 5.04. The zero-order valence-corrected chi connectivity index (χ0v) is 22.8. The highest BCUT2D eigenvalue weighted by atomic mass is 35.5. The molecule has 4 rings (SSSR count). The van der Waals surface area contributed by atoms with Crippen LogP contribution in [0.15, 0.2) is 70.9 Å². The molecule has 0 heterocycles. The summed E-state index contributed by atoms with van der Waals surface area (Å²) in [6.45, 7) is 5.78. The molecule has 0 radical (unpaired) electrons. The van der Waals surface area contributed by atoms with E-state index in [0.29, 0.717) is 44.0 Å². The van der Waals surface area contributed by atoms with Gasteiger partial charge in [-0.3, -0.25) is 0 Å². The van der Waals surface area contributed by atoms with Gasteiger partial charge in [-0.25, -0.2) is 9.79 Å². The molecule has 0 aromatic heterocycles. The van der Waals surface area contributed by atoms with Gasteiger partial charge in [-0.1, -0.05) is 49.2 Å². The van der Waals surface area contributed by atoms with E-state index in [4.69, 9.17) is 38.7 Å². The minimum absolute atomic E-state index is 0.293. The number of nitrogens with one attached hydrogen (secondary N) is 1. The first kappa shape index (κ1) is 27.1. The summed E-state index contributed by atoms with van der Waals surface area (Å²) in [5.41, 5.74) is 9.82. The number of rotatable bonds is 5. The average molecular weight is 549 g/mol. The minimum atomic E-state index is -1.28. The lowest BCUT2D eigenvalue weighted by atomic mass is 9.66. The van der Waals surface area contributed by atoms with Crippen molar-refractivity contribution in [1.82, 2.24) is 0 Å². The van der Waals surface area contributed by atoms with Crippen LogP contribution < -0.4 is 15.8 Å². The number of carbonyl (C=O) groups is 1. The molecule has 194 valence electrons. The monoisotopic (exact) mass is 548 g/mol. The summed E-state index contributed by atoms with van der Waals surface area (Å²) in [5.74, 6) is -0.860. The molecule has 0 saturated carbocycles. The van der Waals surface area contributed by atoms with Crippen LogP contribution in [0.3, 0.4) is 0 Å². The fraction of sp³-hybridized carbons (Fsp3) is 0.207. The number of fused-ring (bicyclic) bond motifs is 1. The van der Waals surface area contributed by atoms with Gasteiger partial charge < -0.3 is 20.9 Å². The van der Waals surface area contributed by atoms with Crippen molar-refractivity contribution in [1.29, 1.82) is 5.26 Å². The largest absolute Gasteiger partial charge is 0.494 e. The van der Waals surface area contributed by atoms with Gasteiger partial charge in [0.2, 0.25) is 0 Å². The summed E-state index contributed by atoms with van der Waals surface area (Å²) in [7, 11) is 1.50. The zero-order chi connectivity index (χ0) is 27.8.